The molecule has 0 saturated carbocycles. The molecule has 3 aromatic rings. The Balaban J connectivity index is 2.15. The van der Waals surface area contributed by atoms with Crippen LogP contribution < -0.4 is 4.90 Å². The molecule has 30 heavy (non-hydrogen) atoms. The molecule has 0 unspecified atom stereocenters. The molecule has 0 aliphatic heterocycles. The van der Waals surface area contributed by atoms with E-state index in [9.17, 15) is 9.18 Å². The van der Waals surface area contributed by atoms with E-state index in [1.807, 2.05) is 13.8 Å². The Kier molecular flexibility index (Phi) is 6.04. The van der Waals surface area contributed by atoms with Gasteiger partial charge in [-0.25, -0.2) is 18.7 Å². The molecule has 2 heterocycles. The molecule has 0 N–H and O–H groups in total. The van der Waals surface area contributed by atoms with Gasteiger partial charge in [0.25, 0.3) is 0 Å². The number of hydrogen-bond acceptors (Lipinski definition) is 4. The zero-order valence-electron chi connectivity index (χ0n) is 18.0. The van der Waals surface area contributed by atoms with Crippen LogP contribution in [0.25, 0.3) is 5.65 Å². The van der Waals surface area contributed by atoms with Gasteiger partial charge >= 0.3 is 6.09 Å². The van der Waals surface area contributed by atoms with Gasteiger partial charge in [-0.2, -0.15) is 5.10 Å². The van der Waals surface area contributed by atoms with Gasteiger partial charge in [0.1, 0.15) is 11.4 Å². The number of fused-ring (bicyclic) bond motifs is 1. The quantitative estimate of drug-likeness (QED) is 0.515. The number of nitrogens with zero attached hydrogens (tertiary/aromatic N) is 4. The number of hydrogen-bond donors (Lipinski definition) is 0. The van der Waals surface area contributed by atoms with E-state index in [-0.39, 0.29) is 23.4 Å². The number of carbonyl (C=O) groups excluding carboxylic acids is 1. The number of aryl methyl sites for hydroxylation is 1. The first-order valence-corrected chi connectivity index (χ1v) is 10.1. The van der Waals surface area contributed by atoms with Crippen molar-refractivity contribution < 1.29 is 13.9 Å². The lowest BCUT2D eigenvalue weighted by Gasteiger charge is -2.28. The average Bonchev–Trinajstić information content (AvgIpc) is 3.03. The largest absolute Gasteiger partial charge is 0.443 e. The second-order valence-electron chi connectivity index (χ2n) is 8.56. The van der Waals surface area contributed by atoms with E-state index >= 15 is 0 Å². The molecule has 0 radical (unpaired) electrons. The second-order valence-corrected chi connectivity index (χ2v) is 8.95. The lowest BCUT2D eigenvalue weighted by Crippen LogP contribution is -2.37. The van der Waals surface area contributed by atoms with Crippen molar-refractivity contribution in [3.05, 3.63) is 58.3 Å². The van der Waals surface area contributed by atoms with Crippen LogP contribution >= 0.6 is 11.6 Å². The topological polar surface area (TPSA) is 59.7 Å². The predicted octanol–water partition coefficient (Wildman–Crippen LogP) is 5.90. The molecule has 6 nitrogen and oxygen atoms in total. The van der Waals surface area contributed by atoms with E-state index in [0.29, 0.717) is 11.3 Å². The number of halogens is 2. The minimum absolute atomic E-state index is 0.160. The Bertz CT molecular complexity index is 1090. The first kappa shape index (κ1) is 22.0. The summed E-state index contributed by atoms with van der Waals surface area (Å²) in [6, 6.07) is 6.06. The Morgan fingerprint density at radius 3 is 2.60 bits per heavy atom. The molecule has 8 heteroatoms. The van der Waals surface area contributed by atoms with Crippen molar-refractivity contribution in [2.75, 3.05) is 4.90 Å². The molecule has 0 atom stereocenters. The minimum Gasteiger partial charge on any atom is -0.443 e. The van der Waals surface area contributed by atoms with Crippen LogP contribution in [0.4, 0.5) is 14.9 Å². The summed E-state index contributed by atoms with van der Waals surface area (Å²) in [6.45, 7) is 11.4. The smallest absolute Gasteiger partial charge is 0.415 e. The summed E-state index contributed by atoms with van der Waals surface area (Å²) in [6.07, 6.45) is 1.17. The third kappa shape index (κ3) is 4.73. The van der Waals surface area contributed by atoms with Crippen LogP contribution in [0.3, 0.4) is 0 Å². The van der Waals surface area contributed by atoms with Crippen molar-refractivity contribution in [3.8, 4) is 0 Å². The summed E-state index contributed by atoms with van der Waals surface area (Å²) in [5, 5.41) is 4.59. The number of ether oxygens (including phenoxy) is 1. The van der Waals surface area contributed by atoms with Gasteiger partial charge in [0.15, 0.2) is 10.8 Å². The van der Waals surface area contributed by atoms with Crippen LogP contribution in [0, 0.1) is 12.7 Å². The number of imidazole rings is 1. The molecule has 0 spiro atoms. The third-order valence-electron chi connectivity index (χ3n) is 4.57. The molecular weight excluding hydrogens is 407 g/mol. The van der Waals surface area contributed by atoms with Crippen LogP contribution in [-0.4, -0.2) is 26.3 Å². The highest BCUT2D eigenvalue weighted by molar-refractivity contribution is 6.29. The standard InChI is InChI=1S/C22H26ClFN4O2/c1-13(2)18-11-25-20-17(10-19(23)26-28(18)20)27(21(29)30-22(4,5)6)12-15-7-8-16(24)9-14(15)3/h7-11,13H,12H2,1-6H3. The zero-order valence-corrected chi connectivity index (χ0v) is 18.8. The van der Waals surface area contributed by atoms with E-state index in [0.717, 1.165) is 16.8 Å². The maximum atomic E-state index is 13.6. The highest BCUT2D eigenvalue weighted by atomic mass is 35.5. The van der Waals surface area contributed by atoms with Crippen molar-refractivity contribution in [1.82, 2.24) is 14.6 Å². The Labute approximate surface area is 180 Å². The fourth-order valence-corrected chi connectivity index (χ4v) is 3.28. The fourth-order valence-electron chi connectivity index (χ4n) is 3.10. The summed E-state index contributed by atoms with van der Waals surface area (Å²) in [5.74, 6) is -0.169. The molecule has 3 rings (SSSR count). The summed E-state index contributed by atoms with van der Waals surface area (Å²) >= 11 is 6.31. The van der Waals surface area contributed by atoms with Gasteiger partial charge in [0, 0.05) is 6.07 Å². The monoisotopic (exact) mass is 432 g/mol. The molecule has 0 saturated heterocycles. The molecule has 0 fully saturated rings. The second kappa shape index (κ2) is 8.22. The van der Waals surface area contributed by atoms with E-state index in [2.05, 4.69) is 10.1 Å². The van der Waals surface area contributed by atoms with E-state index in [1.54, 1.807) is 50.5 Å². The molecule has 1 aromatic carbocycles. The summed E-state index contributed by atoms with van der Waals surface area (Å²) in [7, 11) is 0. The molecule has 2 aromatic heterocycles. The van der Waals surface area contributed by atoms with Crippen LogP contribution in [-0.2, 0) is 11.3 Å². The SMILES string of the molecule is Cc1cc(F)ccc1CN(C(=O)OC(C)(C)C)c1cc(Cl)nn2c(C(C)C)cnc12. The third-order valence-corrected chi connectivity index (χ3v) is 4.76. The summed E-state index contributed by atoms with van der Waals surface area (Å²) in [5.41, 5.74) is 2.65. The van der Waals surface area contributed by atoms with Gasteiger partial charge < -0.3 is 4.74 Å². The number of aromatic nitrogens is 3. The van der Waals surface area contributed by atoms with Crippen molar-refractivity contribution in [3.63, 3.8) is 0 Å². The van der Waals surface area contributed by atoms with Crippen molar-refractivity contribution in [2.45, 2.75) is 59.6 Å². The molecule has 0 bridgehead atoms. The maximum absolute atomic E-state index is 13.6. The highest BCUT2D eigenvalue weighted by Crippen LogP contribution is 2.30. The molecule has 160 valence electrons. The van der Waals surface area contributed by atoms with Gasteiger partial charge in [-0.05, 0) is 56.9 Å². The number of anilines is 1. The van der Waals surface area contributed by atoms with Crippen molar-refractivity contribution in [1.29, 1.82) is 0 Å². The number of rotatable bonds is 4. The van der Waals surface area contributed by atoms with E-state index in [4.69, 9.17) is 16.3 Å². The molecule has 0 aliphatic rings. The molecule has 0 aliphatic carbocycles. The summed E-state index contributed by atoms with van der Waals surface area (Å²) in [4.78, 5) is 19.1. The summed E-state index contributed by atoms with van der Waals surface area (Å²) < 4.78 is 20.9. The fraction of sp³-hybridized carbons (Fsp3) is 0.409. The van der Waals surface area contributed by atoms with Gasteiger partial charge in [-0.3, -0.25) is 4.90 Å². The normalized spacial score (nSPS) is 11.9. The predicted molar refractivity (Wildman–Crippen MR) is 116 cm³/mol. The minimum atomic E-state index is -0.696. The highest BCUT2D eigenvalue weighted by Gasteiger charge is 2.27. The van der Waals surface area contributed by atoms with Crippen molar-refractivity contribution >= 4 is 29.0 Å². The lowest BCUT2D eigenvalue weighted by atomic mass is 10.1. The Morgan fingerprint density at radius 1 is 1.30 bits per heavy atom. The van der Waals surface area contributed by atoms with Gasteiger partial charge in [-0.1, -0.05) is 31.5 Å². The average molecular weight is 433 g/mol. The maximum Gasteiger partial charge on any atom is 0.415 e. The van der Waals surface area contributed by atoms with Gasteiger partial charge in [0.05, 0.1) is 24.1 Å². The van der Waals surface area contributed by atoms with Crippen molar-refractivity contribution in [2.24, 2.45) is 0 Å². The van der Waals surface area contributed by atoms with E-state index < -0.39 is 11.7 Å². The molecule has 1 amide bonds. The molecular formula is C22H26ClFN4O2. The first-order chi connectivity index (χ1) is 14.0. The van der Waals surface area contributed by atoms with Gasteiger partial charge in [0.2, 0.25) is 0 Å². The van der Waals surface area contributed by atoms with E-state index in [1.165, 1.54) is 17.0 Å². The van der Waals surface area contributed by atoms with Crippen LogP contribution in [0.2, 0.25) is 5.15 Å². The number of benzene rings is 1. The van der Waals surface area contributed by atoms with Crippen LogP contribution in [0.1, 0.15) is 57.4 Å². The number of carbonyl (C=O) groups is 1. The number of amides is 1. The van der Waals surface area contributed by atoms with Crippen LogP contribution in [0.15, 0.2) is 30.5 Å². The Morgan fingerprint density at radius 2 is 2.00 bits per heavy atom. The lowest BCUT2D eigenvalue weighted by molar-refractivity contribution is 0.0577. The van der Waals surface area contributed by atoms with Gasteiger partial charge in [-0.15, -0.1) is 0 Å². The zero-order chi connectivity index (χ0) is 22.2. The Hall–Kier alpha value is -2.67. The first-order valence-electron chi connectivity index (χ1n) is 9.76. The van der Waals surface area contributed by atoms with Crippen LogP contribution in [0.5, 0.6) is 0 Å².